The molecule has 3 nitrogen and oxygen atoms in total. The summed E-state index contributed by atoms with van der Waals surface area (Å²) >= 11 is 11.7. The van der Waals surface area contributed by atoms with E-state index >= 15 is 0 Å². The highest BCUT2D eigenvalue weighted by Crippen LogP contribution is 2.25. The second-order valence-electron chi connectivity index (χ2n) is 5.23. The largest absolute Gasteiger partial charge is 0.350 e. The van der Waals surface area contributed by atoms with Crippen LogP contribution in [0.25, 0.3) is 0 Å². The lowest BCUT2D eigenvalue weighted by Gasteiger charge is -2.33. The standard InChI is InChI=1S/C14H18Cl2N2O/c15-11-5-4-10(8-12(11)16)13(19)18-9-14(17)6-2-1-3-7-14/h4-5,8H,1-3,6-7,9,17H2,(H,18,19). The van der Waals surface area contributed by atoms with E-state index in [4.69, 9.17) is 28.9 Å². The van der Waals surface area contributed by atoms with Gasteiger partial charge in [-0.15, -0.1) is 0 Å². The molecular weight excluding hydrogens is 283 g/mol. The van der Waals surface area contributed by atoms with E-state index < -0.39 is 0 Å². The molecule has 0 heterocycles. The van der Waals surface area contributed by atoms with Crippen LogP contribution in [0.3, 0.4) is 0 Å². The van der Waals surface area contributed by atoms with Crippen molar-refractivity contribution in [1.82, 2.24) is 5.32 Å². The van der Waals surface area contributed by atoms with Crippen LogP contribution in [0.4, 0.5) is 0 Å². The van der Waals surface area contributed by atoms with Crippen LogP contribution in [0.2, 0.25) is 10.0 Å². The molecule has 1 aromatic rings. The van der Waals surface area contributed by atoms with Gasteiger partial charge in [0, 0.05) is 17.6 Å². The quantitative estimate of drug-likeness (QED) is 0.899. The zero-order valence-corrected chi connectivity index (χ0v) is 12.2. The molecule has 104 valence electrons. The summed E-state index contributed by atoms with van der Waals surface area (Å²) in [6, 6.07) is 4.86. The van der Waals surface area contributed by atoms with Crippen molar-refractivity contribution in [2.75, 3.05) is 6.54 Å². The molecule has 2 rings (SSSR count). The number of carbonyl (C=O) groups excluding carboxylic acids is 1. The number of nitrogens with two attached hydrogens (primary N) is 1. The molecule has 0 bridgehead atoms. The van der Waals surface area contributed by atoms with Gasteiger partial charge in [-0.2, -0.15) is 0 Å². The van der Waals surface area contributed by atoms with E-state index in [1.165, 1.54) is 6.42 Å². The third-order valence-corrected chi connectivity index (χ3v) is 4.37. The number of hydrogen-bond acceptors (Lipinski definition) is 2. The van der Waals surface area contributed by atoms with Crippen molar-refractivity contribution < 1.29 is 4.79 Å². The normalized spacial score (nSPS) is 18.1. The predicted octanol–water partition coefficient (Wildman–Crippen LogP) is 3.38. The molecule has 1 aromatic carbocycles. The van der Waals surface area contributed by atoms with Crippen LogP contribution in [0.15, 0.2) is 18.2 Å². The fourth-order valence-electron chi connectivity index (χ4n) is 2.43. The highest BCUT2D eigenvalue weighted by molar-refractivity contribution is 6.42. The number of halogens is 2. The van der Waals surface area contributed by atoms with Crippen molar-refractivity contribution >= 4 is 29.1 Å². The molecule has 0 spiro atoms. The Bertz CT molecular complexity index is 471. The van der Waals surface area contributed by atoms with Crippen molar-refractivity contribution in [3.8, 4) is 0 Å². The minimum atomic E-state index is -0.260. The van der Waals surface area contributed by atoms with Gasteiger partial charge in [-0.05, 0) is 31.0 Å². The fourth-order valence-corrected chi connectivity index (χ4v) is 2.73. The van der Waals surface area contributed by atoms with E-state index in [2.05, 4.69) is 5.32 Å². The van der Waals surface area contributed by atoms with Gasteiger partial charge in [0.1, 0.15) is 0 Å². The highest BCUT2D eigenvalue weighted by atomic mass is 35.5. The number of amides is 1. The minimum Gasteiger partial charge on any atom is -0.350 e. The SMILES string of the molecule is NC1(CNC(=O)c2ccc(Cl)c(Cl)c2)CCCCC1. The summed E-state index contributed by atoms with van der Waals surface area (Å²) in [4.78, 5) is 12.0. The van der Waals surface area contributed by atoms with Crippen LogP contribution in [0.1, 0.15) is 42.5 Å². The predicted molar refractivity (Wildman–Crippen MR) is 78.8 cm³/mol. The Morgan fingerprint density at radius 2 is 1.89 bits per heavy atom. The fraction of sp³-hybridized carbons (Fsp3) is 0.500. The number of benzene rings is 1. The molecule has 0 atom stereocenters. The molecule has 1 saturated carbocycles. The summed E-state index contributed by atoms with van der Waals surface area (Å²) in [6.45, 7) is 0.506. The van der Waals surface area contributed by atoms with E-state index in [0.717, 1.165) is 25.7 Å². The first-order valence-corrected chi connectivity index (χ1v) is 7.28. The van der Waals surface area contributed by atoms with Gasteiger partial charge in [0.25, 0.3) is 5.91 Å². The summed E-state index contributed by atoms with van der Waals surface area (Å²) < 4.78 is 0. The summed E-state index contributed by atoms with van der Waals surface area (Å²) in [7, 11) is 0. The first-order chi connectivity index (χ1) is 9.00. The molecule has 0 saturated heterocycles. The van der Waals surface area contributed by atoms with Gasteiger partial charge in [-0.3, -0.25) is 4.79 Å². The van der Waals surface area contributed by atoms with Crippen LogP contribution in [-0.2, 0) is 0 Å². The summed E-state index contributed by atoms with van der Waals surface area (Å²) in [5.41, 5.74) is 6.53. The summed E-state index contributed by atoms with van der Waals surface area (Å²) in [5.74, 6) is -0.158. The second-order valence-corrected chi connectivity index (χ2v) is 6.05. The van der Waals surface area contributed by atoms with E-state index in [1.807, 2.05) is 0 Å². The smallest absolute Gasteiger partial charge is 0.251 e. The molecule has 5 heteroatoms. The van der Waals surface area contributed by atoms with Gasteiger partial charge in [-0.25, -0.2) is 0 Å². The average Bonchev–Trinajstić information content (AvgIpc) is 2.40. The Labute approximate surface area is 123 Å². The molecule has 1 fully saturated rings. The first-order valence-electron chi connectivity index (χ1n) is 6.52. The molecule has 0 radical (unpaired) electrons. The van der Waals surface area contributed by atoms with Crippen LogP contribution >= 0.6 is 23.2 Å². The number of rotatable bonds is 3. The van der Waals surface area contributed by atoms with Gasteiger partial charge < -0.3 is 11.1 Å². The highest BCUT2D eigenvalue weighted by Gasteiger charge is 2.27. The van der Waals surface area contributed by atoms with Crippen LogP contribution in [0.5, 0.6) is 0 Å². The zero-order chi connectivity index (χ0) is 13.9. The lowest BCUT2D eigenvalue weighted by Crippen LogP contribution is -2.51. The third-order valence-electron chi connectivity index (χ3n) is 3.63. The Morgan fingerprint density at radius 3 is 2.53 bits per heavy atom. The average molecular weight is 301 g/mol. The Hall–Kier alpha value is -0.770. The molecular formula is C14H18Cl2N2O. The summed E-state index contributed by atoms with van der Waals surface area (Å²) in [6.07, 6.45) is 5.45. The van der Waals surface area contributed by atoms with E-state index in [1.54, 1.807) is 18.2 Å². The van der Waals surface area contributed by atoms with Crippen molar-refractivity contribution in [3.05, 3.63) is 33.8 Å². The molecule has 0 aromatic heterocycles. The number of nitrogens with one attached hydrogen (secondary N) is 1. The topological polar surface area (TPSA) is 55.1 Å². The van der Waals surface area contributed by atoms with Crippen molar-refractivity contribution in [2.45, 2.75) is 37.6 Å². The molecule has 0 aliphatic heterocycles. The molecule has 19 heavy (non-hydrogen) atoms. The van der Waals surface area contributed by atoms with Gasteiger partial charge in [-0.1, -0.05) is 42.5 Å². The Morgan fingerprint density at radius 1 is 1.21 bits per heavy atom. The van der Waals surface area contributed by atoms with Crippen LogP contribution in [-0.4, -0.2) is 18.0 Å². The maximum absolute atomic E-state index is 12.0. The molecule has 1 aliphatic rings. The second kappa shape index (κ2) is 6.12. The lowest BCUT2D eigenvalue weighted by molar-refractivity contribution is 0.0937. The minimum absolute atomic E-state index is 0.158. The van der Waals surface area contributed by atoms with Gasteiger partial charge in [0.2, 0.25) is 0 Å². The Balaban J connectivity index is 1.95. The van der Waals surface area contributed by atoms with Crippen molar-refractivity contribution in [1.29, 1.82) is 0 Å². The maximum Gasteiger partial charge on any atom is 0.251 e. The molecule has 1 aliphatic carbocycles. The monoisotopic (exact) mass is 300 g/mol. The number of carbonyl (C=O) groups is 1. The lowest BCUT2D eigenvalue weighted by atomic mass is 9.82. The van der Waals surface area contributed by atoms with Gasteiger partial charge in [0.15, 0.2) is 0 Å². The van der Waals surface area contributed by atoms with E-state index in [9.17, 15) is 4.79 Å². The molecule has 3 N–H and O–H groups in total. The number of hydrogen-bond donors (Lipinski definition) is 2. The van der Waals surface area contributed by atoms with Crippen molar-refractivity contribution in [2.24, 2.45) is 5.73 Å². The molecule has 1 amide bonds. The third kappa shape index (κ3) is 3.85. The van der Waals surface area contributed by atoms with Gasteiger partial charge in [0.05, 0.1) is 10.0 Å². The molecule has 0 unspecified atom stereocenters. The first kappa shape index (κ1) is 14.6. The van der Waals surface area contributed by atoms with Crippen molar-refractivity contribution in [3.63, 3.8) is 0 Å². The van der Waals surface area contributed by atoms with Gasteiger partial charge >= 0.3 is 0 Å². The zero-order valence-electron chi connectivity index (χ0n) is 10.7. The van der Waals surface area contributed by atoms with Crippen LogP contribution in [0, 0.1) is 0 Å². The Kier molecular flexibility index (Phi) is 4.71. The van der Waals surface area contributed by atoms with Crippen LogP contribution < -0.4 is 11.1 Å². The van der Waals surface area contributed by atoms with E-state index in [-0.39, 0.29) is 11.4 Å². The van der Waals surface area contributed by atoms with E-state index in [0.29, 0.717) is 22.2 Å². The maximum atomic E-state index is 12.0. The summed E-state index contributed by atoms with van der Waals surface area (Å²) in [5, 5.41) is 3.72.